The second-order valence-corrected chi connectivity index (χ2v) is 7.28. The van der Waals surface area contributed by atoms with Crippen LogP contribution in [0.25, 0.3) is 0 Å². The number of nitrogens with one attached hydrogen (secondary N) is 2. The van der Waals surface area contributed by atoms with Crippen molar-refractivity contribution in [1.29, 1.82) is 0 Å². The maximum absolute atomic E-state index is 11.9. The Morgan fingerprint density at radius 2 is 2.05 bits per heavy atom. The molecule has 1 fully saturated rings. The molecule has 1 aromatic heterocycles. The lowest BCUT2D eigenvalue weighted by molar-refractivity contribution is 0.558. The number of sulfonamides is 1. The van der Waals surface area contributed by atoms with Gasteiger partial charge in [0, 0.05) is 25.5 Å². The molecule has 1 heterocycles. The molecule has 0 saturated heterocycles. The topological polar surface area (TPSA) is 71.1 Å². The standard InChI is InChI=1S/C14H23N3O2S/c18-20(19,14-6-1-2-7-14)17-10-4-9-16-12-13-5-3-8-15-11-13/h3,5,8,11,14,16-17H,1-2,4,6-7,9-10,12H2. The van der Waals surface area contributed by atoms with Gasteiger partial charge < -0.3 is 5.32 Å². The first-order valence-corrected chi connectivity index (χ1v) is 8.81. The van der Waals surface area contributed by atoms with Gasteiger partial charge in [-0.2, -0.15) is 0 Å². The Balaban J connectivity index is 1.57. The zero-order valence-corrected chi connectivity index (χ0v) is 12.5. The summed E-state index contributed by atoms with van der Waals surface area (Å²) in [6.45, 7) is 2.07. The number of hydrogen-bond acceptors (Lipinski definition) is 4. The summed E-state index contributed by atoms with van der Waals surface area (Å²) >= 11 is 0. The van der Waals surface area contributed by atoms with E-state index in [4.69, 9.17) is 0 Å². The lowest BCUT2D eigenvalue weighted by Gasteiger charge is -2.12. The first-order chi connectivity index (χ1) is 9.68. The number of rotatable bonds is 8. The highest BCUT2D eigenvalue weighted by Gasteiger charge is 2.27. The van der Waals surface area contributed by atoms with Gasteiger partial charge in [-0.3, -0.25) is 4.98 Å². The Kier molecular flexibility index (Phi) is 5.94. The highest BCUT2D eigenvalue weighted by atomic mass is 32.2. The number of nitrogens with zero attached hydrogens (tertiary/aromatic N) is 1. The average molecular weight is 297 g/mol. The van der Waals surface area contributed by atoms with Crippen LogP contribution in [0, 0.1) is 0 Å². The van der Waals surface area contributed by atoms with Crippen molar-refractivity contribution in [3.8, 4) is 0 Å². The molecule has 0 atom stereocenters. The van der Waals surface area contributed by atoms with Gasteiger partial charge >= 0.3 is 0 Å². The predicted octanol–water partition coefficient (Wildman–Crippen LogP) is 1.42. The number of pyridine rings is 1. The van der Waals surface area contributed by atoms with Gasteiger partial charge in [0.2, 0.25) is 10.0 Å². The molecule has 0 aromatic carbocycles. The Morgan fingerprint density at radius 3 is 2.75 bits per heavy atom. The van der Waals surface area contributed by atoms with Gasteiger partial charge in [-0.25, -0.2) is 13.1 Å². The van der Waals surface area contributed by atoms with Crippen molar-refractivity contribution in [2.24, 2.45) is 0 Å². The second-order valence-electron chi connectivity index (χ2n) is 5.24. The first kappa shape index (κ1) is 15.4. The molecule has 0 bridgehead atoms. The molecule has 0 amide bonds. The lowest BCUT2D eigenvalue weighted by atomic mass is 10.3. The Bertz CT molecular complexity index is 484. The molecular formula is C14H23N3O2S. The highest BCUT2D eigenvalue weighted by molar-refractivity contribution is 7.90. The van der Waals surface area contributed by atoms with Gasteiger partial charge in [0.15, 0.2) is 0 Å². The molecule has 0 radical (unpaired) electrons. The Labute approximate surface area is 121 Å². The van der Waals surface area contributed by atoms with Crippen molar-refractivity contribution in [2.75, 3.05) is 13.1 Å². The predicted molar refractivity (Wildman–Crippen MR) is 79.7 cm³/mol. The molecular weight excluding hydrogens is 274 g/mol. The van der Waals surface area contributed by atoms with Gasteiger partial charge in [0.05, 0.1) is 5.25 Å². The van der Waals surface area contributed by atoms with Gasteiger partial charge in [0.1, 0.15) is 0 Å². The maximum atomic E-state index is 11.9. The van der Waals surface area contributed by atoms with Crippen LogP contribution in [0.2, 0.25) is 0 Å². The largest absolute Gasteiger partial charge is 0.313 e. The zero-order valence-electron chi connectivity index (χ0n) is 11.7. The van der Waals surface area contributed by atoms with Crippen molar-refractivity contribution in [3.63, 3.8) is 0 Å². The summed E-state index contributed by atoms with van der Waals surface area (Å²) in [5, 5.41) is 3.12. The maximum Gasteiger partial charge on any atom is 0.214 e. The fourth-order valence-corrected chi connectivity index (χ4v) is 4.10. The molecule has 0 spiro atoms. The van der Waals surface area contributed by atoms with Gasteiger partial charge in [-0.05, 0) is 37.4 Å². The van der Waals surface area contributed by atoms with Crippen molar-refractivity contribution in [3.05, 3.63) is 30.1 Å². The van der Waals surface area contributed by atoms with Crippen LogP contribution in [0.1, 0.15) is 37.7 Å². The van der Waals surface area contributed by atoms with Crippen molar-refractivity contribution >= 4 is 10.0 Å². The molecule has 5 nitrogen and oxygen atoms in total. The minimum absolute atomic E-state index is 0.161. The highest BCUT2D eigenvalue weighted by Crippen LogP contribution is 2.23. The van der Waals surface area contributed by atoms with E-state index in [-0.39, 0.29) is 5.25 Å². The molecule has 1 aromatic rings. The van der Waals surface area contributed by atoms with Crippen molar-refractivity contribution in [1.82, 2.24) is 15.0 Å². The molecule has 2 N–H and O–H groups in total. The van der Waals surface area contributed by atoms with Gasteiger partial charge in [-0.1, -0.05) is 18.9 Å². The average Bonchev–Trinajstić information content (AvgIpc) is 2.99. The van der Waals surface area contributed by atoms with E-state index in [0.29, 0.717) is 6.54 Å². The second kappa shape index (κ2) is 7.71. The summed E-state index contributed by atoms with van der Waals surface area (Å²) in [6, 6.07) is 3.93. The van der Waals surface area contributed by atoms with E-state index in [0.717, 1.165) is 50.8 Å². The third-order valence-electron chi connectivity index (χ3n) is 3.63. The van der Waals surface area contributed by atoms with Crippen molar-refractivity contribution in [2.45, 2.75) is 43.9 Å². The van der Waals surface area contributed by atoms with Crippen LogP contribution in [0.4, 0.5) is 0 Å². The monoisotopic (exact) mass is 297 g/mol. The molecule has 1 aliphatic rings. The summed E-state index contributed by atoms with van der Waals surface area (Å²) in [5.74, 6) is 0. The summed E-state index contributed by atoms with van der Waals surface area (Å²) in [6.07, 6.45) is 8.09. The Hall–Kier alpha value is -0.980. The minimum atomic E-state index is -3.09. The van der Waals surface area contributed by atoms with E-state index in [1.807, 2.05) is 18.3 Å². The minimum Gasteiger partial charge on any atom is -0.313 e. The molecule has 1 aliphatic carbocycles. The summed E-state index contributed by atoms with van der Waals surface area (Å²) < 4.78 is 26.6. The fraction of sp³-hybridized carbons (Fsp3) is 0.643. The van der Waals surface area contributed by atoms with E-state index in [9.17, 15) is 8.42 Å². The molecule has 1 saturated carbocycles. The van der Waals surface area contributed by atoms with Crippen LogP contribution in [-0.4, -0.2) is 31.7 Å². The third kappa shape index (κ3) is 4.85. The van der Waals surface area contributed by atoms with Crippen LogP contribution in [0.3, 0.4) is 0 Å². The first-order valence-electron chi connectivity index (χ1n) is 7.26. The quantitative estimate of drug-likeness (QED) is 0.712. The molecule has 0 aliphatic heterocycles. The SMILES string of the molecule is O=S(=O)(NCCCNCc1cccnc1)C1CCCC1. The lowest BCUT2D eigenvalue weighted by Crippen LogP contribution is -2.34. The molecule has 6 heteroatoms. The van der Waals surface area contributed by atoms with Gasteiger partial charge in [-0.15, -0.1) is 0 Å². The molecule has 0 unspecified atom stereocenters. The van der Waals surface area contributed by atoms with E-state index in [1.165, 1.54) is 0 Å². The van der Waals surface area contributed by atoms with Crippen LogP contribution >= 0.6 is 0 Å². The Morgan fingerprint density at radius 1 is 1.25 bits per heavy atom. The van der Waals surface area contributed by atoms with Crippen LogP contribution in [0.15, 0.2) is 24.5 Å². The summed E-state index contributed by atoms with van der Waals surface area (Å²) in [7, 11) is -3.09. The fourth-order valence-electron chi connectivity index (χ4n) is 2.48. The van der Waals surface area contributed by atoms with Crippen LogP contribution < -0.4 is 10.0 Å². The number of aromatic nitrogens is 1. The van der Waals surface area contributed by atoms with E-state index in [2.05, 4.69) is 15.0 Å². The van der Waals surface area contributed by atoms with E-state index in [1.54, 1.807) is 6.20 Å². The summed E-state index contributed by atoms with van der Waals surface area (Å²) in [5.41, 5.74) is 1.14. The molecule has 2 rings (SSSR count). The molecule has 20 heavy (non-hydrogen) atoms. The third-order valence-corrected chi connectivity index (χ3v) is 5.58. The van der Waals surface area contributed by atoms with Gasteiger partial charge in [0.25, 0.3) is 0 Å². The smallest absolute Gasteiger partial charge is 0.214 e. The van der Waals surface area contributed by atoms with E-state index >= 15 is 0 Å². The van der Waals surface area contributed by atoms with Crippen LogP contribution in [0.5, 0.6) is 0 Å². The number of hydrogen-bond donors (Lipinski definition) is 2. The van der Waals surface area contributed by atoms with Crippen molar-refractivity contribution < 1.29 is 8.42 Å². The van der Waals surface area contributed by atoms with Crippen LogP contribution in [-0.2, 0) is 16.6 Å². The molecule has 112 valence electrons. The zero-order chi connectivity index (χ0) is 14.3. The summed E-state index contributed by atoms with van der Waals surface area (Å²) in [4.78, 5) is 4.04. The van der Waals surface area contributed by atoms with E-state index < -0.39 is 10.0 Å². The normalized spacial score (nSPS) is 16.6.